The maximum atomic E-state index is 14.2. The minimum atomic E-state index is -1.80. The molecule has 0 aliphatic carbocycles. The molecule has 0 fully saturated rings. The van der Waals surface area contributed by atoms with Crippen LogP contribution >= 0.6 is 11.6 Å². The number of hydrogen-bond acceptors (Lipinski definition) is 5. The Labute approximate surface area is 189 Å². The molecule has 0 atom stereocenters. The molecule has 0 bridgehead atoms. The quantitative estimate of drug-likeness (QED) is 0.280. The van der Waals surface area contributed by atoms with E-state index >= 15 is 0 Å². The largest absolute Gasteiger partial charge is 0.488 e. The summed E-state index contributed by atoms with van der Waals surface area (Å²) in [5, 5.41) is 36.1. The predicted molar refractivity (Wildman–Crippen MR) is 127 cm³/mol. The lowest BCUT2D eigenvalue weighted by atomic mass is 9.79. The number of fused-ring (bicyclic) bond motifs is 1. The average molecular weight is 449 g/mol. The molecule has 0 unspecified atom stereocenters. The normalized spacial score (nSPS) is 13.3. The van der Waals surface area contributed by atoms with Gasteiger partial charge in [0.2, 0.25) is 0 Å². The van der Waals surface area contributed by atoms with Crippen molar-refractivity contribution in [3.05, 3.63) is 82.6 Å². The van der Waals surface area contributed by atoms with Gasteiger partial charge in [-0.05, 0) is 59.9 Å². The van der Waals surface area contributed by atoms with E-state index in [9.17, 15) is 14.4 Å². The number of hydrogen-bond donors (Lipinski definition) is 4. The summed E-state index contributed by atoms with van der Waals surface area (Å²) in [6.45, 7) is 1.68. The molecule has 1 aliphatic rings. The van der Waals surface area contributed by atoms with Gasteiger partial charge in [0.15, 0.2) is 0 Å². The number of benzene rings is 3. The summed E-state index contributed by atoms with van der Waals surface area (Å²) in [6.07, 6.45) is 0. The van der Waals surface area contributed by atoms with Crippen molar-refractivity contribution >= 4 is 47.3 Å². The van der Waals surface area contributed by atoms with Gasteiger partial charge in [0.25, 0.3) is 0 Å². The van der Waals surface area contributed by atoms with Gasteiger partial charge in [-0.2, -0.15) is 0 Å². The summed E-state index contributed by atoms with van der Waals surface area (Å²) >= 11 is 6.04. The van der Waals surface area contributed by atoms with Gasteiger partial charge in [0, 0.05) is 16.1 Å². The summed E-state index contributed by atoms with van der Waals surface area (Å²) in [5.74, 6) is -0.259. The van der Waals surface area contributed by atoms with Gasteiger partial charge >= 0.3 is 7.12 Å². The van der Waals surface area contributed by atoms with E-state index in [4.69, 9.17) is 22.4 Å². The molecule has 1 heterocycles. The van der Waals surface area contributed by atoms with E-state index in [-0.39, 0.29) is 23.7 Å². The zero-order valence-electron chi connectivity index (χ0n) is 17.1. The lowest BCUT2D eigenvalue weighted by Gasteiger charge is -2.24. The third kappa shape index (κ3) is 4.20. The average Bonchev–Trinajstić information content (AvgIpc) is 2.89. The van der Waals surface area contributed by atoms with Crippen LogP contribution in [0.4, 0.5) is 10.1 Å². The molecule has 6 nitrogen and oxygen atoms in total. The Hall–Kier alpha value is -3.33. The molecule has 32 heavy (non-hydrogen) atoms. The van der Waals surface area contributed by atoms with Crippen LogP contribution in [0.15, 0.2) is 65.7 Å². The highest BCUT2D eigenvalue weighted by Crippen LogP contribution is 2.32. The summed E-state index contributed by atoms with van der Waals surface area (Å²) in [7, 11) is -1.80. The monoisotopic (exact) mass is 448 g/mol. The lowest BCUT2D eigenvalue weighted by Crippen LogP contribution is -2.35. The predicted octanol–water partition coefficient (Wildman–Crippen LogP) is 3.46. The Morgan fingerprint density at radius 2 is 1.72 bits per heavy atom. The minimum Gasteiger partial charge on any atom is -0.423 e. The highest BCUT2D eigenvalue weighted by Gasteiger charge is 2.25. The lowest BCUT2D eigenvalue weighted by molar-refractivity contribution is 0.425. The molecule has 160 valence electrons. The van der Waals surface area contributed by atoms with Crippen LogP contribution in [0.5, 0.6) is 0 Å². The van der Waals surface area contributed by atoms with Crippen LogP contribution in [0.3, 0.4) is 0 Å². The Bertz CT molecular complexity index is 1260. The first kappa shape index (κ1) is 21.9. The van der Waals surface area contributed by atoms with E-state index in [1.807, 2.05) is 12.1 Å². The van der Waals surface area contributed by atoms with Crippen LogP contribution < -0.4 is 10.4 Å². The van der Waals surface area contributed by atoms with Crippen molar-refractivity contribution in [1.82, 2.24) is 0 Å². The Kier molecular flexibility index (Phi) is 5.93. The van der Waals surface area contributed by atoms with Gasteiger partial charge in [0.1, 0.15) is 17.5 Å². The zero-order chi connectivity index (χ0) is 23.0. The molecule has 0 saturated heterocycles. The molecule has 1 aliphatic heterocycles. The zero-order valence-corrected chi connectivity index (χ0v) is 17.9. The number of aliphatic imine (C=N–C) groups is 1. The van der Waals surface area contributed by atoms with Crippen molar-refractivity contribution in [3.63, 3.8) is 0 Å². The molecule has 3 aromatic carbocycles. The molecule has 4 rings (SSSR count). The molecule has 9 heteroatoms. The molecule has 4 N–H and O–H groups in total. The minimum absolute atomic E-state index is 0.0419. The number of halogens is 2. The van der Waals surface area contributed by atoms with Crippen LogP contribution in [0.2, 0.25) is 5.02 Å². The van der Waals surface area contributed by atoms with Crippen molar-refractivity contribution < 1.29 is 14.4 Å². The van der Waals surface area contributed by atoms with Gasteiger partial charge in [-0.15, -0.1) is 0 Å². The van der Waals surface area contributed by atoms with Crippen LogP contribution in [0.25, 0.3) is 11.1 Å². The van der Waals surface area contributed by atoms with Gasteiger partial charge < -0.3 is 10.0 Å². The van der Waals surface area contributed by atoms with Gasteiger partial charge in [0.05, 0.1) is 17.9 Å². The maximum absolute atomic E-state index is 14.2. The summed E-state index contributed by atoms with van der Waals surface area (Å²) in [5.41, 5.74) is 3.80. The van der Waals surface area contributed by atoms with Crippen molar-refractivity contribution in [2.45, 2.75) is 6.92 Å². The first-order valence-electron chi connectivity index (χ1n) is 9.79. The number of benzodiazepines with no additional fused rings is 1. The first-order chi connectivity index (χ1) is 15.2. The fraction of sp³-hybridized carbons (Fsp3) is 0.0870. The van der Waals surface area contributed by atoms with E-state index in [0.717, 1.165) is 11.6 Å². The second-order valence-corrected chi connectivity index (χ2v) is 7.85. The molecule has 3 aromatic rings. The number of nitrogens with zero attached hydrogens (tertiary/aromatic N) is 2. The van der Waals surface area contributed by atoms with Crippen molar-refractivity contribution in [3.8, 4) is 11.1 Å². The second-order valence-electron chi connectivity index (χ2n) is 7.42. The number of rotatable bonds is 3. The van der Waals surface area contributed by atoms with E-state index < -0.39 is 12.9 Å². The van der Waals surface area contributed by atoms with Crippen LogP contribution in [-0.2, 0) is 0 Å². The maximum Gasteiger partial charge on any atom is 0.488 e. The Morgan fingerprint density at radius 1 is 1.03 bits per heavy atom. The molecular weight excluding hydrogens is 430 g/mol. The fourth-order valence-corrected chi connectivity index (χ4v) is 3.85. The molecular formula is C23H19BClFN4O2. The van der Waals surface area contributed by atoms with Crippen LogP contribution in [-0.4, -0.2) is 41.1 Å². The molecule has 0 radical (unpaired) electrons. The highest BCUT2D eigenvalue weighted by atomic mass is 35.5. The summed E-state index contributed by atoms with van der Waals surface area (Å²) in [6, 6.07) is 16.4. The summed E-state index contributed by atoms with van der Waals surface area (Å²) in [4.78, 5) is 6.15. The van der Waals surface area contributed by atoms with Crippen LogP contribution in [0, 0.1) is 16.6 Å². The second kappa shape index (κ2) is 8.66. The van der Waals surface area contributed by atoms with E-state index in [1.165, 1.54) is 17.0 Å². The SMILES string of the molecule is CC(=N)N1C(=N)CN=C(c2ccc(Cl)cc2)c2cc(-c3cc(F)cc(B(O)O)c3)ccc21. The first-order valence-corrected chi connectivity index (χ1v) is 10.2. The molecule has 0 spiro atoms. The Balaban J connectivity index is 1.94. The third-order valence-corrected chi connectivity index (χ3v) is 5.41. The smallest absolute Gasteiger partial charge is 0.423 e. The van der Waals surface area contributed by atoms with Gasteiger partial charge in [-0.3, -0.25) is 20.7 Å². The van der Waals surface area contributed by atoms with Crippen molar-refractivity contribution in [2.24, 2.45) is 4.99 Å². The molecule has 0 saturated carbocycles. The summed E-state index contributed by atoms with van der Waals surface area (Å²) < 4.78 is 14.2. The van der Waals surface area contributed by atoms with E-state index in [0.29, 0.717) is 33.1 Å². The molecule has 0 aromatic heterocycles. The Morgan fingerprint density at radius 3 is 2.38 bits per heavy atom. The number of anilines is 1. The van der Waals surface area contributed by atoms with Gasteiger partial charge in [-0.25, -0.2) is 4.39 Å². The fourth-order valence-electron chi connectivity index (χ4n) is 3.72. The topological polar surface area (TPSA) is 104 Å². The van der Waals surface area contributed by atoms with Gasteiger partial charge in [-0.1, -0.05) is 35.9 Å². The van der Waals surface area contributed by atoms with Crippen molar-refractivity contribution in [2.75, 3.05) is 11.4 Å². The molecule has 0 amide bonds. The number of nitrogens with one attached hydrogen (secondary N) is 2. The van der Waals surface area contributed by atoms with Crippen molar-refractivity contribution in [1.29, 1.82) is 10.8 Å². The number of amidine groups is 2. The van der Waals surface area contributed by atoms with E-state index in [1.54, 1.807) is 37.3 Å². The standard InChI is InChI=1S/C23H19BClFN4O2/c1-13(27)30-21-7-4-15(16-8-17(24(31)32)11-19(26)9-16)10-20(21)23(29-12-22(30)28)14-2-5-18(25)6-3-14/h2-11,27-28,31-32H,12H2,1H3. The highest BCUT2D eigenvalue weighted by molar-refractivity contribution is 6.58. The third-order valence-electron chi connectivity index (χ3n) is 5.15. The van der Waals surface area contributed by atoms with E-state index in [2.05, 4.69) is 4.99 Å². The van der Waals surface area contributed by atoms with Crippen LogP contribution in [0.1, 0.15) is 18.1 Å².